The van der Waals surface area contributed by atoms with E-state index in [4.69, 9.17) is 11.6 Å². The molecular weight excluding hydrogens is 355 g/mol. The van der Waals surface area contributed by atoms with E-state index in [0.717, 1.165) is 5.56 Å². The quantitative estimate of drug-likeness (QED) is 0.871. The molecule has 1 fully saturated rings. The highest BCUT2D eigenvalue weighted by molar-refractivity contribution is 6.31. The first-order valence-electron chi connectivity index (χ1n) is 8.56. The topological polar surface area (TPSA) is 49.4 Å². The van der Waals surface area contributed by atoms with Crippen LogP contribution in [0.4, 0.5) is 10.1 Å². The summed E-state index contributed by atoms with van der Waals surface area (Å²) in [4.78, 5) is 26.7. The van der Waals surface area contributed by atoms with Crippen LogP contribution in [-0.2, 0) is 4.79 Å². The average molecular weight is 375 g/mol. The number of nitrogens with one attached hydrogen (secondary N) is 1. The molecule has 0 radical (unpaired) electrons. The number of amides is 2. The van der Waals surface area contributed by atoms with Crippen molar-refractivity contribution in [1.29, 1.82) is 0 Å². The summed E-state index contributed by atoms with van der Waals surface area (Å²) in [5.74, 6) is -0.697. The van der Waals surface area contributed by atoms with Gasteiger partial charge in [-0.2, -0.15) is 0 Å². The lowest BCUT2D eigenvalue weighted by molar-refractivity contribution is -0.121. The molecule has 1 saturated heterocycles. The molecule has 0 bridgehead atoms. The van der Waals surface area contributed by atoms with Crippen molar-refractivity contribution in [2.45, 2.75) is 19.8 Å². The van der Waals surface area contributed by atoms with E-state index in [-0.39, 0.29) is 23.5 Å². The number of likely N-dealkylation sites (tertiary alicyclic amines) is 1. The van der Waals surface area contributed by atoms with Crippen molar-refractivity contribution in [3.8, 4) is 0 Å². The van der Waals surface area contributed by atoms with E-state index in [2.05, 4.69) is 5.32 Å². The second kappa shape index (κ2) is 7.87. The summed E-state index contributed by atoms with van der Waals surface area (Å²) in [6, 6.07) is 10.9. The van der Waals surface area contributed by atoms with E-state index in [1.165, 1.54) is 24.3 Å². The number of rotatable bonds is 3. The predicted molar refractivity (Wildman–Crippen MR) is 99.8 cm³/mol. The molecular formula is C20H20ClFN2O2. The van der Waals surface area contributed by atoms with Gasteiger partial charge in [0.05, 0.1) is 0 Å². The number of piperidine rings is 1. The van der Waals surface area contributed by atoms with E-state index in [1.54, 1.807) is 17.0 Å². The molecule has 26 heavy (non-hydrogen) atoms. The zero-order valence-corrected chi connectivity index (χ0v) is 15.2. The second-order valence-electron chi connectivity index (χ2n) is 6.48. The molecule has 6 heteroatoms. The minimum atomic E-state index is -0.367. The summed E-state index contributed by atoms with van der Waals surface area (Å²) >= 11 is 6.09. The highest BCUT2D eigenvalue weighted by Crippen LogP contribution is 2.25. The van der Waals surface area contributed by atoms with Gasteiger partial charge in [-0.05, 0) is 61.7 Å². The van der Waals surface area contributed by atoms with Gasteiger partial charge in [0.2, 0.25) is 5.91 Å². The average Bonchev–Trinajstić information content (AvgIpc) is 2.65. The van der Waals surface area contributed by atoms with E-state index in [9.17, 15) is 14.0 Å². The molecule has 1 N–H and O–H groups in total. The number of halogens is 2. The Balaban J connectivity index is 1.57. The van der Waals surface area contributed by atoms with Crippen molar-refractivity contribution in [3.05, 3.63) is 64.4 Å². The van der Waals surface area contributed by atoms with Crippen molar-refractivity contribution < 1.29 is 14.0 Å². The van der Waals surface area contributed by atoms with Crippen LogP contribution < -0.4 is 5.32 Å². The molecule has 1 heterocycles. The smallest absolute Gasteiger partial charge is 0.253 e. The van der Waals surface area contributed by atoms with Crippen LogP contribution >= 0.6 is 11.6 Å². The van der Waals surface area contributed by atoms with E-state index in [0.29, 0.717) is 42.2 Å². The van der Waals surface area contributed by atoms with Crippen LogP contribution in [-0.4, -0.2) is 29.8 Å². The molecule has 0 unspecified atom stereocenters. The molecule has 0 aliphatic carbocycles. The predicted octanol–water partition coefficient (Wildman–Crippen LogP) is 4.28. The van der Waals surface area contributed by atoms with Crippen LogP contribution in [0.25, 0.3) is 0 Å². The Hall–Kier alpha value is -2.40. The van der Waals surface area contributed by atoms with Gasteiger partial charge < -0.3 is 10.2 Å². The van der Waals surface area contributed by atoms with Gasteiger partial charge in [0.25, 0.3) is 5.91 Å². The normalized spacial score (nSPS) is 15.0. The van der Waals surface area contributed by atoms with E-state index >= 15 is 0 Å². The standard InChI is InChI=1S/C20H20ClFN2O2/c1-13-17(21)3-2-4-18(13)23-19(25)14-9-11-24(12-10-14)20(26)15-5-7-16(22)8-6-15/h2-8,14H,9-12H2,1H3,(H,23,25). The number of carbonyl (C=O) groups excluding carboxylic acids is 2. The van der Waals surface area contributed by atoms with Gasteiger partial charge in [0.15, 0.2) is 0 Å². The Morgan fingerprint density at radius 2 is 1.77 bits per heavy atom. The Bertz CT molecular complexity index is 815. The molecule has 2 aromatic rings. The summed E-state index contributed by atoms with van der Waals surface area (Å²) < 4.78 is 13.0. The van der Waals surface area contributed by atoms with Crippen LogP contribution in [0.1, 0.15) is 28.8 Å². The fraction of sp³-hybridized carbons (Fsp3) is 0.300. The molecule has 0 aromatic heterocycles. The zero-order valence-electron chi connectivity index (χ0n) is 14.5. The fourth-order valence-electron chi connectivity index (χ4n) is 3.10. The number of nitrogens with zero attached hydrogens (tertiary/aromatic N) is 1. The lowest BCUT2D eigenvalue weighted by Gasteiger charge is -2.31. The van der Waals surface area contributed by atoms with Crippen LogP contribution in [0.15, 0.2) is 42.5 Å². The minimum absolute atomic E-state index is 0.0516. The lowest BCUT2D eigenvalue weighted by atomic mass is 9.95. The Labute approximate surface area is 157 Å². The Morgan fingerprint density at radius 1 is 1.12 bits per heavy atom. The number of carbonyl (C=O) groups is 2. The SMILES string of the molecule is Cc1c(Cl)cccc1NC(=O)C1CCN(C(=O)c2ccc(F)cc2)CC1. The first-order valence-corrected chi connectivity index (χ1v) is 8.94. The number of hydrogen-bond donors (Lipinski definition) is 1. The number of anilines is 1. The minimum Gasteiger partial charge on any atom is -0.339 e. The summed E-state index contributed by atoms with van der Waals surface area (Å²) in [5.41, 5.74) is 2.02. The van der Waals surface area contributed by atoms with Crippen LogP contribution in [0, 0.1) is 18.7 Å². The largest absolute Gasteiger partial charge is 0.339 e. The second-order valence-corrected chi connectivity index (χ2v) is 6.88. The molecule has 2 amide bonds. The molecule has 136 valence electrons. The van der Waals surface area contributed by atoms with Gasteiger partial charge >= 0.3 is 0 Å². The lowest BCUT2D eigenvalue weighted by Crippen LogP contribution is -2.41. The Morgan fingerprint density at radius 3 is 2.42 bits per heavy atom. The maximum atomic E-state index is 13.0. The summed E-state index contributed by atoms with van der Waals surface area (Å²) in [6.07, 6.45) is 1.19. The molecule has 1 aliphatic heterocycles. The summed E-state index contributed by atoms with van der Waals surface area (Å²) in [5, 5.41) is 3.55. The van der Waals surface area contributed by atoms with Crippen LogP contribution in [0.2, 0.25) is 5.02 Å². The van der Waals surface area contributed by atoms with Gasteiger partial charge in [0, 0.05) is 35.3 Å². The molecule has 0 atom stereocenters. The number of benzene rings is 2. The van der Waals surface area contributed by atoms with Crippen LogP contribution in [0.3, 0.4) is 0 Å². The maximum absolute atomic E-state index is 13.0. The van der Waals surface area contributed by atoms with Crippen molar-refractivity contribution in [2.24, 2.45) is 5.92 Å². The molecule has 2 aromatic carbocycles. The fourth-order valence-corrected chi connectivity index (χ4v) is 3.27. The van der Waals surface area contributed by atoms with Crippen molar-refractivity contribution in [2.75, 3.05) is 18.4 Å². The van der Waals surface area contributed by atoms with Crippen molar-refractivity contribution >= 4 is 29.1 Å². The highest BCUT2D eigenvalue weighted by Gasteiger charge is 2.28. The van der Waals surface area contributed by atoms with Gasteiger partial charge in [-0.1, -0.05) is 17.7 Å². The highest BCUT2D eigenvalue weighted by atomic mass is 35.5. The van der Waals surface area contributed by atoms with Gasteiger partial charge in [-0.3, -0.25) is 9.59 Å². The van der Waals surface area contributed by atoms with Crippen LogP contribution in [0.5, 0.6) is 0 Å². The first kappa shape index (κ1) is 18.4. The van der Waals surface area contributed by atoms with Gasteiger partial charge in [-0.25, -0.2) is 4.39 Å². The van der Waals surface area contributed by atoms with E-state index in [1.807, 2.05) is 13.0 Å². The van der Waals surface area contributed by atoms with Gasteiger partial charge in [-0.15, -0.1) is 0 Å². The van der Waals surface area contributed by atoms with Crippen molar-refractivity contribution in [3.63, 3.8) is 0 Å². The summed E-state index contributed by atoms with van der Waals surface area (Å²) in [6.45, 7) is 2.87. The summed E-state index contributed by atoms with van der Waals surface area (Å²) in [7, 11) is 0. The maximum Gasteiger partial charge on any atom is 0.253 e. The molecule has 0 saturated carbocycles. The third-order valence-electron chi connectivity index (χ3n) is 4.77. The molecule has 0 spiro atoms. The molecule has 1 aliphatic rings. The third kappa shape index (κ3) is 4.05. The molecule has 3 rings (SSSR count). The van der Waals surface area contributed by atoms with Crippen molar-refractivity contribution in [1.82, 2.24) is 4.90 Å². The third-order valence-corrected chi connectivity index (χ3v) is 5.18. The van der Waals surface area contributed by atoms with Gasteiger partial charge in [0.1, 0.15) is 5.82 Å². The molecule has 4 nitrogen and oxygen atoms in total. The van der Waals surface area contributed by atoms with E-state index < -0.39 is 0 Å². The monoisotopic (exact) mass is 374 g/mol. The first-order chi connectivity index (χ1) is 12.5. The number of hydrogen-bond acceptors (Lipinski definition) is 2. The Kier molecular flexibility index (Phi) is 5.57. The zero-order chi connectivity index (χ0) is 18.7.